The summed E-state index contributed by atoms with van der Waals surface area (Å²) in [6.45, 7) is 0. The van der Waals surface area contributed by atoms with Crippen molar-refractivity contribution in [3.8, 4) is 17.0 Å². The summed E-state index contributed by atoms with van der Waals surface area (Å²) in [7, 11) is 1.62. The average Bonchev–Trinajstić information content (AvgIpc) is 3.11. The number of nitrogens with zero attached hydrogens (tertiary/aromatic N) is 4. The van der Waals surface area contributed by atoms with Gasteiger partial charge in [0.1, 0.15) is 5.75 Å². The number of para-hydroxylation sites is 2. The van der Waals surface area contributed by atoms with Crippen molar-refractivity contribution in [3.63, 3.8) is 0 Å². The molecule has 0 aliphatic heterocycles. The van der Waals surface area contributed by atoms with Gasteiger partial charge in [0.25, 0.3) is 5.95 Å². The highest BCUT2D eigenvalue weighted by molar-refractivity contribution is 5.99. The van der Waals surface area contributed by atoms with E-state index in [1.54, 1.807) is 19.5 Å². The lowest BCUT2D eigenvalue weighted by atomic mass is 10.1. The van der Waals surface area contributed by atoms with Crippen LogP contribution in [0.1, 0.15) is 5.56 Å². The Kier molecular flexibility index (Phi) is 4.26. The molecule has 2 heterocycles. The first-order valence-corrected chi connectivity index (χ1v) is 8.03. The lowest BCUT2D eigenvalue weighted by Gasteiger charge is -2.07. The number of anilines is 1. The van der Waals surface area contributed by atoms with E-state index in [0.717, 1.165) is 27.8 Å². The standard InChI is InChI=1S/C19H16N6O/c1-26-18-9-5-3-7-15(18)17-12-22-25-19(23-17)24-21-11-13-10-20-16-8-4-2-6-14(13)16/h2-12,20H,1H3,(H,23,24,25)/b21-11+. The third kappa shape index (κ3) is 3.10. The summed E-state index contributed by atoms with van der Waals surface area (Å²) in [5.74, 6) is 1.03. The van der Waals surface area contributed by atoms with E-state index in [1.807, 2.05) is 54.7 Å². The van der Waals surface area contributed by atoms with Gasteiger partial charge in [-0.1, -0.05) is 30.3 Å². The van der Waals surface area contributed by atoms with E-state index in [9.17, 15) is 0 Å². The number of aromatic nitrogens is 4. The van der Waals surface area contributed by atoms with Crippen molar-refractivity contribution < 1.29 is 4.74 Å². The minimum Gasteiger partial charge on any atom is -0.496 e. The van der Waals surface area contributed by atoms with E-state index >= 15 is 0 Å². The van der Waals surface area contributed by atoms with E-state index in [4.69, 9.17) is 4.74 Å². The van der Waals surface area contributed by atoms with Crippen molar-refractivity contribution in [1.29, 1.82) is 0 Å². The van der Waals surface area contributed by atoms with Gasteiger partial charge >= 0.3 is 0 Å². The largest absolute Gasteiger partial charge is 0.496 e. The number of fused-ring (bicyclic) bond motifs is 1. The van der Waals surface area contributed by atoms with E-state index in [1.165, 1.54) is 0 Å². The number of aromatic amines is 1. The van der Waals surface area contributed by atoms with E-state index in [0.29, 0.717) is 11.6 Å². The topological polar surface area (TPSA) is 88.1 Å². The molecule has 0 atom stereocenters. The van der Waals surface area contributed by atoms with Crippen LogP contribution in [-0.2, 0) is 0 Å². The smallest absolute Gasteiger partial charge is 0.263 e. The maximum Gasteiger partial charge on any atom is 0.263 e. The SMILES string of the molecule is COc1ccccc1-c1cnnc(N/N=C/c2c[nH]c3ccccc23)n1. The van der Waals surface area contributed by atoms with Gasteiger partial charge in [-0.05, 0) is 18.2 Å². The van der Waals surface area contributed by atoms with Gasteiger partial charge in [-0.25, -0.2) is 10.4 Å². The Hall–Kier alpha value is -3.74. The Bertz CT molecular complexity index is 1070. The van der Waals surface area contributed by atoms with Crippen molar-refractivity contribution in [1.82, 2.24) is 20.2 Å². The Morgan fingerprint density at radius 2 is 1.96 bits per heavy atom. The monoisotopic (exact) mass is 344 g/mol. The zero-order valence-electron chi connectivity index (χ0n) is 14.0. The second-order valence-electron chi connectivity index (χ2n) is 5.53. The molecule has 0 aliphatic carbocycles. The van der Waals surface area contributed by atoms with Crippen molar-refractivity contribution >= 4 is 23.1 Å². The van der Waals surface area contributed by atoms with Crippen LogP contribution in [0, 0.1) is 0 Å². The van der Waals surface area contributed by atoms with Crippen LogP contribution in [0.2, 0.25) is 0 Å². The van der Waals surface area contributed by atoms with Crippen LogP contribution in [-0.4, -0.2) is 33.5 Å². The third-order valence-corrected chi connectivity index (χ3v) is 3.93. The molecule has 0 spiro atoms. The fourth-order valence-electron chi connectivity index (χ4n) is 2.70. The third-order valence-electron chi connectivity index (χ3n) is 3.93. The van der Waals surface area contributed by atoms with Gasteiger partial charge in [0.05, 0.1) is 25.2 Å². The van der Waals surface area contributed by atoms with Gasteiger partial charge in [0, 0.05) is 28.2 Å². The number of hydrazone groups is 1. The van der Waals surface area contributed by atoms with Gasteiger partial charge < -0.3 is 9.72 Å². The lowest BCUT2D eigenvalue weighted by Crippen LogP contribution is -2.00. The molecular formula is C19H16N6O. The fraction of sp³-hybridized carbons (Fsp3) is 0.0526. The quantitative estimate of drug-likeness (QED) is 0.427. The van der Waals surface area contributed by atoms with Crippen LogP contribution in [0.4, 0.5) is 5.95 Å². The molecule has 2 N–H and O–H groups in total. The summed E-state index contributed by atoms with van der Waals surface area (Å²) in [5.41, 5.74) is 6.36. The van der Waals surface area contributed by atoms with Crippen LogP contribution >= 0.6 is 0 Å². The van der Waals surface area contributed by atoms with Crippen molar-refractivity contribution in [2.45, 2.75) is 0 Å². The van der Waals surface area contributed by atoms with Crippen LogP contribution in [0.25, 0.3) is 22.2 Å². The van der Waals surface area contributed by atoms with Crippen LogP contribution in [0.3, 0.4) is 0 Å². The number of methoxy groups -OCH3 is 1. The summed E-state index contributed by atoms with van der Waals surface area (Å²) >= 11 is 0. The van der Waals surface area contributed by atoms with Gasteiger partial charge in [0.2, 0.25) is 0 Å². The molecule has 2 aromatic heterocycles. The molecule has 2 aromatic carbocycles. The molecule has 4 aromatic rings. The van der Waals surface area contributed by atoms with E-state index < -0.39 is 0 Å². The summed E-state index contributed by atoms with van der Waals surface area (Å²) < 4.78 is 5.37. The van der Waals surface area contributed by atoms with Crippen LogP contribution in [0.15, 0.2) is 66.0 Å². The molecule has 0 aliphatic rings. The minimum absolute atomic E-state index is 0.310. The predicted molar refractivity (Wildman–Crippen MR) is 101 cm³/mol. The molecule has 0 bridgehead atoms. The molecule has 26 heavy (non-hydrogen) atoms. The molecule has 7 nitrogen and oxygen atoms in total. The zero-order valence-corrected chi connectivity index (χ0v) is 14.0. The molecule has 0 radical (unpaired) electrons. The summed E-state index contributed by atoms with van der Waals surface area (Å²) in [6, 6.07) is 15.6. The normalized spacial score (nSPS) is 11.1. The van der Waals surface area contributed by atoms with E-state index in [-0.39, 0.29) is 0 Å². The highest BCUT2D eigenvalue weighted by Gasteiger charge is 2.08. The fourth-order valence-corrected chi connectivity index (χ4v) is 2.70. The first-order chi connectivity index (χ1) is 12.8. The number of nitrogens with one attached hydrogen (secondary N) is 2. The van der Waals surface area contributed by atoms with Gasteiger partial charge in [-0.15, -0.1) is 5.10 Å². The van der Waals surface area contributed by atoms with Crippen molar-refractivity contribution in [3.05, 3.63) is 66.5 Å². The maximum atomic E-state index is 5.37. The molecule has 0 fully saturated rings. The number of hydrogen-bond acceptors (Lipinski definition) is 6. The van der Waals surface area contributed by atoms with Crippen LogP contribution in [0.5, 0.6) is 5.75 Å². The Labute approximate surface area is 149 Å². The van der Waals surface area contributed by atoms with Gasteiger partial charge in [-0.3, -0.25) is 0 Å². The maximum absolute atomic E-state index is 5.37. The minimum atomic E-state index is 0.310. The number of ether oxygens (including phenoxy) is 1. The van der Waals surface area contributed by atoms with Gasteiger partial charge in [0.15, 0.2) is 0 Å². The predicted octanol–water partition coefficient (Wildman–Crippen LogP) is 3.47. The summed E-state index contributed by atoms with van der Waals surface area (Å²) in [5, 5.41) is 13.3. The summed E-state index contributed by atoms with van der Waals surface area (Å²) in [4.78, 5) is 7.65. The Morgan fingerprint density at radius 1 is 1.12 bits per heavy atom. The lowest BCUT2D eigenvalue weighted by molar-refractivity contribution is 0.416. The molecule has 7 heteroatoms. The molecule has 128 valence electrons. The number of rotatable bonds is 5. The highest BCUT2D eigenvalue weighted by atomic mass is 16.5. The Morgan fingerprint density at radius 3 is 2.88 bits per heavy atom. The molecule has 4 rings (SSSR count). The second-order valence-corrected chi connectivity index (χ2v) is 5.53. The average molecular weight is 344 g/mol. The molecule has 0 saturated heterocycles. The first kappa shape index (κ1) is 15.8. The molecule has 0 unspecified atom stereocenters. The van der Waals surface area contributed by atoms with Gasteiger partial charge in [-0.2, -0.15) is 10.2 Å². The second kappa shape index (κ2) is 7.02. The Balaban J connectivity index is 1.56. The zero-order chi connectivity index (χ0) is 17.8. The van der Waals surface area contributed by atoms with Crippen LogP contribution < -0.4 is 10.2 Å². The highest BCUT2D eigenvalue weighted by Crippen LogP contribution is 2.27. The molecule has 0 saturated carbocycles. The first-order valence-electron chi connectivity index (χ1n) is 8.03. The van der Waals surface area contributed by atoms with Crippen molar-refractivity contribution in [2.75, 3.05) is 12.5 Å². The molecule has 0 amide bonds. The molecular weight excluding hydrogens is 328 g/mol. The summed E-state index contributed by atoms with van der Waals surface area (Å²) in [6.07, 6.45) is 5.21. The van der Waals surface area contributed by atoms with Crippen molar-refractivity contribution in [2.24, 2.45) is 5.10 Å². The van der Waals surface area contributed by atoms with E-state index in [2.05, 4.69) is 30.7 Å². The number of H-pyrrole nitrogens is 1. The number of benzene rings is 2. The number of hydrogen-bond donors (Lipinski definition) is 2.